The molecule has 1 aliphatic heterocycles. The summed E-state index contributed by atoms with van der Waals surface area (Å²) in [5.74, 6) is -0.280. The van der Waals surface area contributed by atoms with Crippen molar-refractivity contribution < 1.29 is 14.5 Å². The molecule has 6 nitrogen and oxygen atoms in total. The van der Waals surface area contributed by atoms with Gasteiger partial charge in [-0.2, -0.15) is 0 Å². The summed E-state index contributed by atoms with van der Waals surface area (Å²) in [5.41, 5.74) is 0.735. The Kier molecular flexibility index (Phi) is 5.19. The predicted molar refractivity (Wildman–Crippen MR) is 95.6 cm³/mol. The van der Waals surface area contributed by atoms with Crippen molar-refractivity contribution in [2.24, 2.45) is 0 Å². The first-order chi connectivity index (χ1) is 12.0. The van der Waals surface area contributed by atoms with Gasteiger partial charge in [0.05, 0.1) is 16.2 Å². The topological polar surface area (TPSA) is 72.7 Å². The van der Waals surface area contributed by atoms with Crippen LogP contribution in [0.4, 0.5) is 11.4 Å². The maximum Gasteiger partial charge on any atom is 0.345 e. The molecule has 0 bridgehead atoms. The second kappa shape index (κ2) is 7.53. The number of piperidine rings is 1. The highest BCUT2D eigenvalue weighted by Crippen LogP contribution is 2.29. The number of nitro groups is 1. The van der Waals surface area contributed by atoms with Crippen LogP contribution in [0.5, 0.6) is 5.75 Å². The number of halogens is 1. The van der Waals surface area contributed by atoms with E-state index in [2.05, 4.69) is 4.90 Å². The van der Waals surface area contributed by atoms with Crippen molar-refractivity contribution in [3.8, 4) is 5.75 Å². The molecule has 0 amide bonds. The zero-order valence-corrected chi connectivity index (χ0v) is 14.2. The molecule has 0 aliphatic carbocycles. The van der Waals surface area contributed by atoms with Crippen LogP contribution in [0.2, 0.25) is 5.02 Å². The van der Waals surface area contributed by atoms with Gasteiger partial charge in [0.15, 0.2) is 0 Å². The molecule has 0 spiro atoms. The molecule has 1 aliphatic rings. The van der Waals surface area contributed by atoms with E-state index in [1.807, 2.05) is 0 Å². The molecular formula is C18H17ClN2O4. The monoisotopic (exact) mass is 360 g/mol. The fourth-order valence-electron chi connectivity index (χ4n) is 2.88. The van der Waals surface area contributed by atoms with E-state index in [9.17, 15) is 14.9 Å². The second-order valence-electron chi connectivity index (χ2n) is 5.85. The molecule has 1 heterocycles. The molecule has 1 fully saturated rings. The van der Waals surface area contributed by atoms with Gasteiger partial charge in [0, 0.05) is 30.2 Å². The summed E-state index contributed by atoms with van der Waals surface area (Å²) < 4.78 is 5.37. The lowest BCUT2D eigenvalue weighted by atomic mass is 10.1. The van der Waals surface area contributed by atoms with Crippen molar-refractivity contribution in [3.05, 3.63) is 63.2 Å². The highest BCUT2D eigenvalue weighted by Gasteiger charge is 2.23. The van der Waals surface area contributed by atoms with E-state index < -0.39 is 10.9 Å². The van der Waals surface area contributed by atoms with Gasteiger partial charge >= 0.3 is 5.97 Å². The highest BCUT2D eigenvalue weighted by atomic mass is 35.5. The van der Waals surface area contributed by atoms with Gasteiger partial charge < -0.3 is 9.64 Å². The number of benzene rings is 2. The number of hydrogen-bond acceptors (Lipinski definition) is 5. The molecule has 0 unspecified atom stereocenters. The Hall–Kier alpha value is -2.60. The summed E-state index contributed by atoms with van der Waals surface area (Å²) in [5, 5.41) is 11.6. The van der Waals surface area contributed by atoms with Crippen LogP contribution in [0.1, 0.15) is 29.6 Å². The molecule has 7 heteroatoms. The number of carbonyl (C=O) groups is 1. The number of ether oxygens (including phenoxy) is 1. The Balaban J connectivity index is 1.92. The fraction of sp³-hybridized carbons (Fsp3) is 0.278. The first kappa shape index (κ1) is 17.2. The lowest BCUT2D eigenvalue weighted by molar-refractivity contribution is -0.384. The highest BCUT2D eigenvalue weighted by molar-refractivity contribution is 6.30. The second-order valence-corrected chi connectivity index (χ2v) is 6.29. The van der Waals surface area contributed by atoms with Crippen LogP contribution in [0.3, 0.4) is 0 Å². The summed E-state index contributed by atoms with van der Waals surface area (Å²) in [6.07, 6.45) is 3.21. The predicted octanol–water partition coefficient (Wildman–Crippen LogP) is 4.46. The van der Waals surface area contributed by atoms with Gasteiger partial charge in [-0.3, -0.25) is 10.1 Å². The average molecular weight is 361 g/mol. The van der Waals surface area contributed by atoms with Crippen LogP contribution in [0.25, 0.3) is 0 Å². The minimum absolute atomic E-state index is 0.135. The van der Waals surface area contributed by atoms with Crippen molar-refractivity contribution in [2.75, 3.05) is 18.0 Å². The van der Waals surface area contributed by atoms with E-state index in [0.717, 1.165) is 32.4 Å². The number of rotatable bonds is 4. The largest absolute Gasteiger partial charge is 0.423 e. The summed E-state index contributed by atoms with van der Waals surface area (Å²) in [7, 11) is 0. The molecule has 2 aromatic rings. The molecule has 0 atom stereocenters. The Morgan fingerprint density at radius 2 is 1.76 bits per heavy atom. The SMILES string of the molecule is O=C(Oc1ccc(Cl)cc1)c1cc([N+](=O)[O-])ccc1N1CCCCC1. The number of non-ortho nitro benzene ring substituents is 1. The van der Waals surface area contributed by atoms with Gasteiger partial charge in [0.25, 0.3) is 5.69 Å². The van der Waals surface area contributed by atoms with Crippen LogP contribution in [-0.2, 0) is 0 Å². The Bertz CT molecular complexity index is 786. The number of hydrogen-bond donors (Lipinski definition) is 0. The Morgan fingerprint density at radius 3 is 2.40 bits per heavy atom. The van der Waals surface area contributed by atoms with Gasteiger partial charge in [-0.25, -0.2) is 4.79 Å². The van der Waals surface area contributed by atoms with E-state index in [1.165, 1.54) is 12.1 Å². The van der Waals surface area contributed by atoms with E-state index in [4.69, 9.17) is 16.3 Å². The van der Waals surface area contributed by atoms with Crippen molar-refractivity contribution in [1.82, 2.24) is 0 Å². The molecular weight excluding hydrogens is 344 g/mol. The summed E-state index contributed by atoms with van der Waals surface area (Å²) >= 11 is 5.83. The average Bonchev–Trinajstić information content (AvgIpc) is 2.63. The zero-order chi connectivity index (χ0) is 17.8. The minimum atomic E-state index is -0.619. The molecule has 0 N–H and O–H groups in total. The van der Waals surface area contributed by atoms with Gasteiger partial charge in [0.2, 0.25) is 0 Å². The number of esters is 1. The van der Waals surface area contributed by atoms with Crippen LogP contribution < -0.4 is 9.64 Å². The third-order valence-electron chi connectivity index (χ3n) is 4.13. The molecule has 25 heavy (non-hydrogen) atoms. The molecule has 0 aromatic heterocycles. The van der Waals surface area contributed by atoms with Crippen molar-refractivity contribution in [2.45, 2.75) is 19.3 Å². The first-order valence-corrected chi connectivity index (χ1v) is 8.43. The van der Waals surface area contributed by atoms with Gasteiger partial charge in [-0.1, -0.05) is 11.6 Å². The van der Waals surface area contributed by atoms with Gasteiger partial charge in [-0.05, 0) is 49.6 Å². The summed E-state index contributed by atoms with van der Waals surface area (Å²) in [4.78, 5) is 25.3. The lowest BCUT2D eigenvalue weighted by Gasteiger charge is -2.30. The number of nitro benzene ring substituents is 1. The molecule has 2 aromatic carbocycles. The van der Waals surface area contributed by atoms with Crippen molar-refractivity contribution >= 4 is 28.9 Å². The first-order valence-electron chi connectivity index (χ1n) is 8.06. The zero-order valence-electron chi connectivity index (χ0n) is 13.5. The van der Waals surface area contributed by atoms with Crippen LogP contribution in [0, 0.1) is 10.1 Å². The third kappa shape index (κ3) is 4.09. The van der Waals surface area contributed by atoms with Gasteiger partial charge in [-0.15, -0.1) is 0 Å². The molecule has 130 valence electrons. The number of nitrogens with zero attached hydrogens (tertiary/aromatic N) is 2. The van der Waals surface area contributed by atoms with Crippen molar-refractivity contribution in [3.63, 3.8) is 0 Å². The van der Waals surface area contributed by atoms with E-state index in [-0.39, 0.29) is 11.3 Å². The standard InChI is InChI=1S/C18H17ClN2O4/c19-13-4-7-15(8-5-13)25-18(22)16-12-14(21(23)24)6-9-17(16)20-10-2-1-3-11-20/h4-9,12H,1-3,10-11H2. The van der Waals surface area contributed by atoms with Crippen LogP contribution >= 0.6 is 11.6 Å². The van der Waals surface area contributed by atoms with E-state index in [1.54, 1.807) is 30.3 Å². The van der Waals surface area contributed by atoms with Crippen LogP contribution in [-0.4, -0.2) is 24.0 Å². The van der Waals surface area contributed by atoms with Gasteiger partial charge in [0.1, 0.15) is 5.75 Å². The van der Waals surface area contributed by atoms with E-state index in [0.29, 0.717) is 16.5 Å². The lowest BCUT2D eigenvalue weighted by Crippen LogP contribution is -2.31. The molecule has 0 radical (unpaired) electrons. The van der Waals surface area contributed by atoms with Crippen molar-refractivity contribution in [1.29, 1.82) is 0 Å². The summed E-state index contributed by atoms with van der Waals surface area (Å²) in [6.45, 7) is 1.64. The maximum absolute atomic E-state index is 12.6. The van der Waals surface area contributed by atoms with E-state index >= 15 is 0 Å². The summed E-state index contributed by atoms with van der Waals surface area (Å²) in [6, 6.07) is 10.7. The third-order valence-corrected chi connectivity index (χ3v) is 4.38. The normalized spacial score (nSPS) is 14.2. The molecule has 0 saturated carbocycles. The van der Waals surface area contributed by atoms with Crippen LogP contribution in [0.15, 0.2) is 42.5 Å². The Morgan fingerprint density at radius 1 is 1.08 bits per heavy atom. The quantitative estimate of drug-likeness (QED) is 0.348. The molecule has 3 rings (SSSR count). The molecule has 1 saturated heterocycles. The maximum atomic E-state index is 12.6. The Labute approximate surface area is 150 Å². The smallest absolute Gasteiger partial charge is 0.345 e. The number of anilines is 1. The minimum Gasteiger partial charge on any atom is -0.423 e. The number of carbonyl (C=O) groups excluding carboxylic acids is 1. The fourth-order valence-corrected chi connectivity index (χ4v) is 3.00.